The summed E-state index contributed by atoms with van der Waals surface area (Å²) in [4.78, 5) is 0. The van der Waals surface area contributed by atoms with Crippen molar-refractivity contribution >= 4 is 0 Å². The smallest absolute Gasteiger partial charge is 0.0361 e. The minimum Gasteiger partial charge on any atom is -0.313 e. The van der Waals surface area contributed by atoms with Crippen LogP contribution in [0, 0.1) is 0 Å². The number of hydrogen-bond donors (Lipinski definition) is 1. The third-order valence-corrected chi connectivity index (χ3v) is 5.44. The van der Waals surface area contributed by atoms with Gasteiger partial charge in [-0.25, -0.2) is 0 Å². The van der Waals surface area contributed by atoms with E-state index in [1.54, 1.807) is 0 Å². The van der Waals surface area contributed by atoms with Crippen molar-refractivity contribution in [3.05, 3.63) is 84.4 Å². The van der Waals surface area contributed by atoms with Crippen LogP contribution in [0.25, 0.3) is 0 Å². The summed E-state index contributed by atoms with van der Waals surface area (Å²) in [7, 11) is 0. The van der Waals surface area contributed by atoms with E-state index in [-0.39, 0.29) is 5.41 Å². The zero-order chi connectivity index (χ0) is 16.7. The number of allylic oxidation sites excluding steroid dienone is 1. The molecule has 1 fully saturated rings. The number of nitrogens with one attached hydrogen (secondary N) is 1. The summed E-state index contributed by atoms with van der Waals surface area (Å²) < 4.78 is 0. The molecule has 1 aliphatic rings. The van der Waals surface area contributed by atoms with Gasteiger partial charge in [0.05, 0.1) is 0 Å². The van der Waals surface area contributed by atoms with Crippen molar-refractivity contribution in [2.75, 3.05) is 6.54 Å². The van der Waals surface area contributed by atoms with Crippen molar-refractivity contribution in [2.24, 2.45) is 0 Å². The first-order valence-corrected chi connectivity index (χ1v) is 9.30. The van der Waals surface area contributed by atoms with Crippen molar-refractivity contribution in [2.45, 2.75) is 50.0 Å². The normalized spacial score (nSPS) is 16.0. The summed E-state index contributed by atoms with van der Waals surface area (Å²) in [5, 5.41) is 3.90. The molecule has 0 heterocycles. The minimum atomic E-state index is -0.0400. The molecule has 24 heavy (non-hydrogen) atoms. The van der Waals surface area contributed by atoms with Crippen LogP contribution in [0.2, 0.25) is 0 Å². The van der Waals surface area contributed by atoms with Crippen LogP contribution in [0.3, 0.4) is 0 Å². The van der Waals surface area contributed by atoms with Gasteiger partial charge in [-0.1, -0.05) is 86.0 Å². The molecule has 2 aromatic carbocycles. The van der Waals surface area contributed by atoms with E-state index in [1.807, 2.05) is 0 Å². The Kier molecular flexibility index (Phi) is 5.87. The third kappa shape index (κ3) is 3.79. The Bertz CT molecular complexity index is 571. The first-order valence-electron chi connectivity index (χ1n) is 9.30. The minimum absolute atomic E-state index is 0.0400. The highest BCUT2D eigenvalue weighted by molar-refractivity contribution is 5.40. The van der Waals surface area contributed by atoms with Gasteiger partial charge in [-0.2, -0.15) is 0 Å². The van der Waals surface area contributed by atoms with E-state index < -0.39 is 0 Å². The average Bonchev–Trinajstić information content (AvgIpc) is 2.67. The molecule has 1 N–H and O–H groups in total. The Morgan fingerprint density at radius 3 is 1.92 bits per heavy atom. The SMILES string of the molecule is C=CCC(CNC1CCCCC1)(c1ccccc1)c1ccccc1. The molecule has 0 bridgehead atoms. The fraction of sp³-hybridized carbons (Fsp3) is 0.391. The molecule has 0 unspecified atom stereocenters. The molecule has 0 aliphatic heterocycles. The maximum atomic E-state index is 4.06. The van der Waals surface area contributed by atoms with Gasteiger partial charge in [0, 0.05) is 18.0 Å². The first-order chi connectivity index (χ1) is 11.8. The zero-order valence-electron chi connectivity index (χ0n) is 14.6. The molecule has 126 valence electrons. The largest absolute Gasteiger partial charge is 0.313 e. The van der Waals surface area contributed by atoms with E-state index in [0.717, 1.165) is 13.0 Å². The van der Waals surface area contributed by atoms with Crippen LogP contribution in [-0.2, 0) is 5.41 Å². The standard InChI is InChI=1S/C23H29N/c1-2-18-23(20-12-6-3-7-13-20,21-14-8-4-9-15-21)19-24-22-16-10-5-11-17-22/h2-4,6-9,12-15,22,24H,1,5,10-11,16-19H2. The molecular weight excluding hydrogens is 290 g/mol. The fourth-order valence-electron chi connectivity index (χ4n) is 4.06. The topological polar surface area (TPSA) is 12.0 Å². The molecule has 2 aromatic rings. The highest BCUT2D eigenvalue weighted by Crippen LogP contribution is 2.36. The van der Waals surface area contributed by atoms with Crippen LogP contribution in [0.5, 0.6) is 0 Å². The van der Waals surface area contributed by atoms with E-state index in [2.05, 4.69) is 78.6 Å². The number of rotatable bonds is 7. The lowest BCUT2D eigenvalue weighted by atomic mass is 9.71. The van der Waals surface area contributed by atoms with E-state index in [1.165, 1.54) is 43.2 Å². The predicted molar refractivity (Wildman–Crippen MR) is 103 cm³/mol. The predicted octanol–water partition coefficient (Wildman–Crippen LogP) is 5.47. The Balaban J connectivity index is 1.93. The van der Waals surface area contributed by atoms with Gasteiger partial charge in [-0.3, -0.25) is 0 Å². The van der Waals surface area contributed by atoms with Crippen LogP contribution < -0.4 is 5.32 Å². The zero-order valence-corrected chi connectivity index (χ0v) is 14.6. The maximum Gasteiger partial charge on any atom is 0.0361 e. The van der Waals surface area contributed by atoms with Crippen LogP contribution in [0.4, 0.5) is 0 Å². The molecule has 1 heteroatoms. The molecule has 0 saturated heterocycles. The average molecular weight is 319 g/mol. The molecule has 0 spiro atoms. The Hall–Kier alpha value is -1.86. The van der Waals surface area contributed by atoms with Crippen LogP contribution in [0.1, 0.15) is 49.7 Å². The van der Waals surface area contributed by atoms with Gasteiger partial charge in [0.1, 0.15) is 0 Å². The van der Waals surface area contributed by atoms with E-state index in [0.29, 0.717) is 6.04 Å². The summed E-state index contributed by atoms with van der Waals surface area (Å²) in [6.45, 7) is 5.03. The highest BCUT2D eigenvalue weighted by atomic mass is 14.9. The van der Waals surface area contributed by atoms with E-state index in [4.69, 9.17) is 0 Å². The highest BCUT2D eigenvalue weighted by Gasteiger charge is 2.33. The van der Waals surface area contributed by atoms with Gasteiger partial charge in [0.15, 0.2) is 0 Å². The summed E-state index contributed by atoms with van der Waals surface area (Å²) in [6.07, 6.45) is 9.77. The van der Waals surface area contributed by atoms with Gasteiger partial charge >= 0.3 is 0 Å². The van der Waals surface area contributed by atoms with E-state index >= 15 is 0 Å². The van der Waals surface area contributed by atoms with Crippen molar-refractivity contribution in [1.29, 1.82) is 0 Å². The summed E-state index contributed by atoms with van der Waals surface area (Å²) in [5.41, 5.74) is 2.71. The summed E-state index contributed by atoms with van der Waals surface area (Å²) in [5.74, 6) is 0. The van der Waals surface area contributed by atoms with Gasteiger partial charge in [0.2, 0.25) is 0 Å². The third-order valence-electron chi connectivity index (χ3n) is 5.44. The Morgan fingerprint density at radius 2 is 1.42 bits per heavy atom. The summed E-state index contributed by atoms with van der Waals surface area (Å²) in [6, 6.07) is 22.5. The molecule has 0 radical (unpaired) electrons. The van der Waals surface area contributed by atoms with Gasteiger partial charge in [-0.15, -0.1) is 6.58 Å². The number of benzene rings is 2. The second kappa shape index (κ2) is 8.30. The molecule has 0 aromatic heterocycles. The Labute approximate surface area is 146 Å². The molecule has 1 nitrogen and oxygen atoms in total. The lowest BCUT2D eigenvalue weighted by molar-refractivity contribution is 0.342. The van der Waals surface area contributed by atoms with Gasteiger partial charge in [0.25, 0.3) is 0 Å². The fourth-order valence-corrected chi connectivity index (χ4v) is 4.06. The van der Waals surface area contributed by atoms with Gasteiger partial charge < -0.3 is 5.32 Å². The second-order valence-corrected chi connectivity index (χ2v) is 7.02. The molecule has 0 amide bonds. The van der Waals surface area contributed by atoms with Crippen LogP contribution in [0.15, 0.2) is 73.3 Å². The molecule has 1 saturated carbocycles. The molecule has 0 atom stereocenters. The van der Waals surface area contributed by atoms with Crippen molar-refractivity contribution in [1.82, 2.24) is 5.32 Å². The van der Waals surface area contributed by atoms with Crippen molar-refractivity contribution < 1.29 is 0 Å². The quantitative estimate of drug-likeness (QED) is 0.667. The summed E-state index contributed by atoms with van der Waals surface area (Å²) >= 11 is 0. The van der Waals surface area contributed by atoms with Crippen molar-refractivity contribution in [3.8, 4) is 0 Å². The molecule has 1 aliphatic carbocycles. The first kappa shape index (κ1) is 17.0. The second-order valence-electron chi connectivity index (χ2n) is 7.02. The van der Waals surface area contributed by atoms with Gasteiger partial charge in [-0.05, 0) is 30.4 Å². The van der Waals surface area contributed by atoms with Crippen LogP contribution in [-0.4, -0.2) is 12.6 Å². The Morgan fingerprint density at radius 1 is 0.875 bits per heavy atom. The van der Waals surface area contributed by atoms with E-state index in [9.17, 15) is 0 Å². The maximum absolute atomic E-state index is 4.06. The van der Waals surface area contributed by atoms with Crippen LogP contribution >= 0.6 is 0 Å². The van der Waals surface area contributed by atoms with Crippen molar-refractivity contribution in [3.63, 3.8) is 0 Å². The molecule has 3 rings (SSSR count). The lowest BCUT2D eigenvalue weighted by Gasteiger charge is -2.37. The lowest BCUT2D eigenvalue weighted by Crippen LogP contribution is -2.43. The number of hydrogen-bond acceptors (Lipinski definition) is 1. The molecular formula is C23H29N. The monoisotopic (exact) mass is 319 g/mol.